The van der Waals surface area contributed by atoms with E-state index >= 15 is 0 Å². The van der Waals surface area contributed by atoms with Gasteiger partial charge in [0.2, 0.25) is 0 Å². The molecule has 1 atom stereocenters. The quantitative estimate of drug-likeness (QED) is 0.800. The summed E-state index contributed by atoms with van der Waals surface area (Å²) in [7, 11) is 0. The highest BCUT2D eigenvalue weighted by molar-refractivity contribution is 5.69. The third-order valence-electron chi connectivity index (χ3n) is 3.77. The smallest absolute Gasteiger partial charge is 0.410 e. The average Bonchev–Trinajstić information content (AvgIpc) is 2.38. The van der Waals surface area contributed by atoms with Gasteiger partial charge in [-0.25, -0.2) is 4.79 Å². The van der Waals surface area contributed by atoms with E-state index in [0.717, 1.165) is 37.9 Å². The van der Waals surface area contributed by atoms with Gasteiger partial charge in [0.1, 0.15) is 5.60 Å². The van der Waals surface area contributed by atoms with Crippen molar-refractivity contribution in [3.63, 3.8) is 0 Å². The van der Waals surface area contributed by atoms with Crippen molar-refractivity contribution in [2.45, 2.75) is 64.5 Å². The number of carbonyl (C=O) groups excluding carboxylic acids is 1. The van der Waals surface area contributed by atoms with Crippen LogP contribution >= 0.6 is 0 Å². The van der Waals surface area contributed by atoms with Crippen LogP contribution in [-0.2, 0) is 4.74 Å². The van der Waals surface area contributed by atoms with Gasteiger partial charge < -0.3 is 15.4 Å². The van der Waals surface area contributed by atoms with E-state index < -0.39 is 5.60 Å². The summed E-state index contributed by atoms with van der Waals surface area (Å²) in [6.45, 7) is 6.52. The summed E-state index contributed by atoms with van der Waals surface area (Å²) < 4.78 is 5.54. The molecule has 1 heterocycles. The summed E-state index contributed by atoms with van der Waals surface area (Å²) in [6, 6.07) is 0.183. The number of nitrogens with zero attached hydrogens (tertiary/aromatic N) is 1. The highest BCUT2D eigenvalue weighted by Crippen LogP contribution is 2.29. The van der Waals surface area contributed by atoms with Gasteiger partial charge in [-0.3, -0.25) is 0 Å². The van der Waals surface area contributed by atoms with E-state index in [-0.39, 0.29) is 12.1 Å². The highest BCUT2D eigenvalue weighted by atomic mass is 16.6. The van der Waals surface area contributed by atoms with E-state index in [1.165, 1.54) is 12.0 Å². The molecule has 2 N–H and O–H groups in total. The van der Waals surface area contributed by atoms with Crippen LogP contribution in [0, 0.1) is 0 Å². The minimum absolute atomic E-state index is 0.183. The summed E-state index contributed by atoms with van der Waals surface area (Å²) in [5, 5.41) is 0. The zero-order valence-corrected chi connectivity index (χ0v) is 12.8. The minimum Gasteiger partial charge on any atom is -0.444 e. The van der Waals surface area contributed by atoms with Crippen LogP contribution in [0.5, 0.6) is 0 Å². The van der Waals surface area contributed by atoms with Crippen molar-refractivity contribution in [2.75, 3.05) is 6.54 Å². The molecule has 0 aromatic rings. The van der Waals surface area contributed by atoms with E-state index in [0.29, 0.717) is 0 Å². The maximum absolute atomic E-state index is 12.4. The normalized spacial score (nSPS) is 23.9. The molecular formula is C16H26N2O2. The Morgan fingerprint density at radius 3 is 2.65 bits per heavy atom. The molecule has 1 unspecified atom stereocenters. The van der Waals surface area contributed by atoms with Crippen LogP contribution in [0.1, 0.15) is 52.9 Å². The molecular weight excluding hydrogens is 252 g/mol. The second kappa shape index (κ2) is 5.90. The topological polar surface area (TPSA) is 55.6 Å². The molecule has 0 radical (unpaired) electrons. The zero-order chi connectivity index (χ0) is 14.8. The first-order valence-corrected chi connectivity index (χ1v) is 7.51. The van der Waals surface area contributed by atoms with E-state index in [9.17, 15) is 4.79 Å². The predicted octanol–water partition coefficient (Wildman–Crippen LogP) is 3.34. The molecule has 0 aromatic heterocycles. The number of ether oxygens (including phenoxy) is 1. The van der Waals surface area contributed by atoms with Gasteiger partial charge in [-0.1, -0.05) is 6.08 Å². The van der Waals surface area contributed by atoms with Gasteiger partial charge in [0, 0.05) is 12.2 Å². The fraction of sp³-hybridized carbons (Fsp3) is 0.688. The van der Waals surface area contributed by atoms with E-state index in [1.54, 1.807) is 0 Å². The monoisotopic (exact) mass is 278 g/mol. The van der Waals surface area contributed by atoms with Crippen molar-refractivity contribution in [1.29, 1.82) is 0 Å². The Balaban J connectivity index is 2.11. The van der Waals surface area contributed by atoms with Crippen LogP contribution in [0.15, 0.2) is 23.4 Å². The molecule has 112 valence electrons. The van der Waals surface area contributed by atoms with Gasteiger partial charge in [-0.05, 0) is 64.5 Å². The van der Waals surface area contributed by atoms with Gasteiger partial charge in [0.05, 0.1) is 6.04 Å². The van der Waals surface area contributed by atoms with Crippen LogP contribution < -0.4 is 5.73 Å². The first-order valence-electron chi connectivity index (χ1n) is 7.51. The van der Waals surface area contributed by atoms with Crippen molar-refractivity contribution >= 4 is 6.09 Å². The molecule has 2 aliphatic rings. The van der Waals surface area contributed by atoms with E-state index in [2.05, 4.69) is 6.08 Å². The molecule has 1 aliphatic heterocycles. The number of rotatable bonds is 1. The van der Waals surface area contributed by atoms with Crippen molar-refractivity contribution in [3.8, 4) is 0 Å². The maximum atomic E-state index is 12.4. The Morgan fingerprint density at radius 1 is 1.30 bits per heavy atom. The van der Waals surface area contributed by atoms with Gasteiger partial charge in [-0.15, -0.1) is 0 Å². The second-order valence-corrected chi connectivity index (χ2v) is 6.67. The number of hydrogen-bond donors (Lipinski definition) is 1. The Kier molecular flexibility index (Phi) is 4.41. The summed E-state index contributed by atoms with van der Waals surface area (Å²) in [5.74, 6) is 0. The summed E-state index contributed by atoms with van der Waals surface area (Å²) in [4.78, 5) is 14.3. The summed E-state index contributed by atoms with van der Waals surface area (Å²) in [5.41, 5.74) is 7.61. The van der Waals surface area contributed by atoms with Crippen LogP contribution in [0.3, 0.4) is 0 Å². The fourth-order valence-corrected chi connectivity index (χ4v) is 2.80. The summed E-state index contributed by atoms with van der Waals surface area (Å²) >= 11 is 0. The highest BCUT2D eigenvalue weighted by Gasteiger charge is 2.32. The lowest BCUT2D eigenvalue weighted by Gasteiger charge is -2.38. The molecule has 1 amide bonds. The van der Waals surface area contributed by atoms with Gasteiger partial charge in [0.25, 0.3) is 0 Å². The Morgan fingerprint density at radius 2 is 2.05 bits per heavy atom. The van der Waals surface area contributed by atoms with Crippen LogP contribution in [0.4, 0.5) is 4.79 Å². The molecule has 20 heavy (non-hydrogen) atoms. The third kappa shape index (κ3) is 3.78. The summed E-state index contributed by atoms with van der Waals surface area (Å²) in [6.07, 6.45) is 8.97. The molecule has 0 saturated carbocycles. The van der Waals surface area contributed by atoms with Crippen LogP contribution in [0.2, 0.25) is 0 Å². The standard InChI is InChI=1S/C16H26N2O2/c1-16(2,3)20-15(19)18-11-5-4-6-14(18)12-7-9-13(17)10-8-12/h7,9,14H,4-6,8,10-11,17H2,1-3H3. The van der Waals surface area contributed by atoms with Gasteiger partial charge in [0.15, 0.2) is 0 Å². The first-order chi connectivity index (χ1) is 9.37. The van der Waals surface area contributed by atoms with Crippen LogP contribution in [0.25, 0.3) is 0 Å². The molecule has 0 aromatic carbocycles. The van der Waals surface area contributed by atoms with Crippen molar-refractivity contribution in [1.82, 2.24) is 4.90 Å². The zero-order valence-electron chi connectivity index (χ0n) is 12.8. The van der Waals surface area contributed by atoms with Gasteiger partial charge in [-0.2, -0.15) is 0 Å². The lowest BCUT2D eigenvalue weighted by molar-refractivity contribution is 0.0135. The molecule has 1 saturated heterocycles. The largest absolute Gasteiger partial charge is 0.444 e. The molecule has 0 bridgehead atoms. The van der Waals surface area contributed by atoms with Crippen molar-refractivity contribution in [3.05, 3.63) is 23.4 Å². The number of carbonyl (C=O) groups is 1. The number of nitrogens with two attached hydrogens (primary N) is 1. The molecule has 0 spiro atoms. The van der Waals surface area contributed by atoms with E-state index in [4.69, 9.17) is 10.5 Å². The number of likely N-dealkylation sites (tertiary alicyclic amines) is 1. The van der Waals surface area contributed by atoms with Crippen molar-refractivity contribution in [2.24, 2.45) is 5.73 Å². The third-order valence-corrected chi connectivity index (χ3v) is 3.77. The lowest BCUT2D eigenvalue weighted by atomic mass is 9.89. The molecule has 2 rings (SSSR count). The molecule has 1 aliphatic carbocycles. The second-order valence-electron chi connectivity index (χ2n) is 6.67. The van der Waals surface area contributed by atoms with Gasteiger partial charge >= 0.3 is 6.09 Å². The fourth-order valence-electron chi connectivity index (χ4n) is 2.80. The number of piperidine rings is 1. The Labute approximate surface area is 121 Å². The maximum Gasteiger partial charge on any atom is 0.410 e. The SMILES string of the molecule is CC(C)(C)OC(=O)N1CCCCC1C1=CC=C(N)CC1. The molecule has 1 fully saturated rings. The molecule has 4 nitrogen and oxygen atoms in total. The Hall–Kier alpha value is -1.45. The Bertz CT molecular complexity index is 432. The minimum atomic E-state index is -0.440. The number of allylic oxidation sites excluding steroid dienone is 3. The van der Waals surface area contributed by atoms with E-state index in [1.807, 2.05) is 31.7 Å². The van der Waals surface area contributed by atoms with Crippen LogP contribution in [-0.4, -0.2) is 29.2 Å². The average molecular weight is 278 g/mol. The number of hydrogen-bond acceptors (Lipinski definition) is 3. The predicted molar refractivity (Wildman–Crippen MR) is 80.2 cm³/mol. The van der Waals surface area contributed by atoms with Crippen molar-refractivity contribution < 1.29 is 9.53 Å². The molecule has 4 heteroatoms. The first kappa shape index (κ1) is 14.9. The lowest BCUT2D eigenvalue weighted by Crippen LogP contribution is -2.47. The number of amides is 1.